The summed E-state index contributed by atoms with van der Waals surface area (Å²) in [5, 5.41) is 10.8. The van der Waals surface area contributed by atoms with Crippen molar-refractivity contribution >= 4 is 34.8 Å². The Bertz CT molecular complexity index is 528. The van der Waals surface area contributed by atoms with Crippen molar-refractivity contribution < 1.29 is 19.5 Å². The largest absolute Gasteiger partial charge is 0.477 e. The molecule has 6 heteroatoms. The molecule has 18 heavy (non-hydrogen) atoms. The quantitative estimate of drug-likeness (QED) is 0.830. The fourth-order valence-corrected chi connectivity index (χ4v) is 2.90. The molecule has 1 aliphatic rings. The van der Waals surface area contributed by atoms with Crippen molar-refractivity contribution in [2.75, 3.05) is 4.90 Å². The highest BCUT2D eigenvalue weighted by Gasteiger charge is 2.45. The normalized spacial score (nSPS) is 23.8. The van der Waals surface area contributed by atoms with Gasteiger partial charge in [-0.25, -0.2) is 9.69 Å². The van der Waals surface area contributed by atoms with Crippen molar-refractivity contribution in [1.29, 1.82) is 0 Å². The average molecular weight is 267 g/mol. The van der Waals surface area contributed by atoms with Gasteiger partial charge in [0.15, 0.2) is 0 Å². The monoisotopic (exact) mass is 267 g/mol. The molecule has 2 amide bonds. The van der Waals surface area contributed by atoms with Crippen LogP contribution < -0.4 is 4.90 Å². The third kappa shape index (κ3) is 1.64. The molecule has 1 aromatic rings. The number of anilines is 1. The van der Waals surface area contributed by atoms with Gasteiger partial charge in [0.05, 0.1) is 5.69 Å². The van der Waals surface area contributed by atoms with Crippen molar-refractivity contribution in [3.8, 4) is 0 Å². The lowest BCUT2D eigenvalue weighted by Gasteiger charge is -2.15. The third-order valence-electron chi connectivity index (χ3n) is 3.33. The van der Waals surface area contributed by atoms with Gasteiger partial charge in [-0.15, -0.1) is 11.3 Å². The van der Waals surface area contributed by atoms with Gasteiger partial charge in [0.2, 0.25) is 11.8 Å². The molecule has 1 saturated heterocycles. The number of hydrogen-bond acceptors (Lipinski definition) is 4. The first-order valence-corrected chi connectivity index (χ1v) is 6.43. The summed E-state index contributed by atoms with van der Waals surface area (Å²) in [5.74, 6) is -2.57. The fraction of sp³-hybridized carbons (Fsp3) is 0.417. The highest BCUT2D eigenvalue weighted by Crippen LogP contribution is 2.37. The predicted octanol–water partition coefficient (Wildman–Crippen LogP) is 1.90. The summed E-state index contributed by atoms with van der Waals surface area (Å²) in [6.45, 7) is 5.08. The van der Waals surface area contributed by atoms with Gasteiger partial charge in [-0.2, -0.15) is 0 Å². The summed E-state index contributed by atoms with van der Waals surface area (Å²) in [4.78, 5) is 36.3. The van der Waals surface area contributed by atoms with E-state index in [1.165, 1.54) is 0 Å². The molecule has 0 spiro atoms. The highest BCUT2D eigenvalue weighted by atomic mass is 32.1. The molecule has 5 nitrogen and oxygen atoms in total. The van der Waals surface area contributed by atoms with Crippen LogP contribution in [-0.4, -0.2) is 22.9 Å². The molecule has 1 aliphatic heterocycles. The Kier molecular flexibility index (Phi) is 2.98. The van der Waals surface area contributed by atoms with Crippen LogP contribution in [0.4, 0.5) is 5.69 Å². The molecule has 96 valence electrons. The number of carboxylic acid groups (broad SMARTS) is 1. The molecule has 0 aromatic carbocycles. The van der Waals surface area contributed by atoms with E-state index in [1.54, 1.807) is 26.2 Å². The third-order valence-corrected chi connectivity index (χ3v) is 4.40. The zero-order valence-corrected chi connectivity index (χ0v) is 11.1. The Morgan fingerprint density at radius 2 is 1.78 bits per heavy atom. The zero-order chi connectivity index (χ0) is 13.6. The number of nitrogens with zero attached hydrogens (tertiary/aromatic N) is 1. The average Bonchev–Trinajstić information content (AvgIpc) is 2.76. The zero-order valence-electron chi connectivity index (χ0n) is 10.3. The number of aromatic carboxylic acids is 1. The van der Waals surface area contributed by atoms with E-state index in [0.717, 1.165) is 16.2 Å². The van der Waals surface area contributed by atoms with Crippen LogP contribution in [0.2, 0.25) is 0 Å². The molecule has 0 aliphatic carbocycles. The fourth-order valence-electron chi connectivity index (χ4n) is 2.03. The Morgan fingerprint density at radius 3 is 2.22 bits per heavy atom. The summed E-state index contributed by atoms with van der Waals surface area (Å²) in [6, 6.07) is 0. The minimum atomic E-state index is -1.11. The van der Waals surface area contributed by atoms with E-state index in [2.05, 4.69) is 0 Å². The van der Waals surface area contributed by atoms with E-state index in [-0.39, 0.29) is 22.4 Å². The SMILES string of the molecule is Cc1csc(C(=O)O)c1N1C(=O)C(C)C(C)C1=O. The lowest BCUT2D eigenvalue weighted by Crippen LogP contribution is -2.32. The van der Waals surface area contributed by atoms with Crippen LogP contribution >= 0.6 is 11.3 Å². The van der Waals surface area contributed by atoms with Crippen LogP contribution in [-0.2, 0) is 9.59 Å². The van der Waals surface area contributed by atoms with E-state index >= 15 is 0 Å². The summed E-state index contributed by atoms with van der Waals surface area (Å²) >= 11 is 1.03. The summed E-state index contributed by atoms with van der Waals surface area (Å²) < 4.78 is 0. The number of thiophene rings is 1. The Morgan fingerprint density at radius 1 is 1.28 bits per heavy atom. The van der Waals surface area contributed by atoms with Crippen molar-refractivity contribution in [1.82, 2.24) is 0 Å². The number of rotatable bonds is 2. The molecule has 0 saturated carbocycles. The van der Waals surface area contributed by atoms with E-state index in [0.29, 0.717) is 5.56 Å². The Balaban J connectivity index is 2.56. The second-order valence-corrected chi connectivity index (χ2v) is 5.37. The minimum absolute atomic E-state index is 0.0375. The smallest absolute Gasteiger partial charge is 0.348 e. The number of aryl methyl sites for hydroxylation is 1. The summed E-state index contributed by atoms with van der Waals surface area (Å²) in [6.07, 6.45) is 0. The molecular formula is C12H13NO4S. The Hall–Kier alpha value is -1.69. The summed E-state index contributed by atoms with van der Waals surface area (Å²) in [5.41, 5.74) is 0.874. The number of imide groups is 1. The van der Waals surface area contributed by atoms with Crippen LogP contribution in [0.5, 0.6) is 0 Å². The molecule has 2 heterocycles. The second kappa shape index (κ2) is 4.20. The maximum atomic E-state index is 12.1. The molecule has 2 unspecified atom stereocenters. The first kappa shape index (κ1) is 12.8. The Labute approximate surface area is 108 Å². The van der Waals surface area contributed by atoms with Crippen LogP contribution in [0.3, 0.4) is 0 Å². The predicted molar refractivity (Wildman–Crippen MR) is 66.8 cm³/mol. The van der Waals surface area contributed by atoms with Crippen molar-refractivity contribution in [2.45, 2.75) is 20.8 Å². The maximum Gasteiger partial charge on any atom is 0.348 e. The molecule has 2 rings (SSSR count). The number of carbonyl (C=O) groups is 3. The van der Waals surface area contributed by atoms with Crippen LogP contribution in [0.15, 0.2) is 5.38 Å². The topological polar surface area (TPSA) is 74.7 Å². The van der Waals surface area contributed by atoms with Crippen LogP contribution in [0, 0.1) is 18.8 Å². The van der Waals surface area contributed by atoms with Crippen molar-refractivity contribution in [3.05, 3.63) is 15.8 Å². The van der Waals surface area contributed by atoms with Gasteiger partial charge in [-0.05, 0) is 17.9 Å². The van der Waals surface area contributed by atoms with E-state index < -0.39 is 17.8 Å². The number of carbonyl (C=O) groups excluding carboxylic acids is 2. The van der Waals surface area contributed by atoms with Crippen LogP contribution in [0.1, 0.15) is 29.1 Å². The van der Waals surface area contributed by atoms with Gasteiger partial charge < -0.3 is 5.11 Å². The van der Waals surface area contributed by atoms with Crippen molar-refractivity contribution in [2.24, 2.45) is 11.8 Å². The first-order chi connectivity index (χ1) is 8.36. The van der Waals surface area contributed by atoms with Gasteiger partial charge in [-0.1, -0.05) is 13.8 Å². The standard InChI is InChI=1S/C12H13NO4S/c1-5-4-18-9(12(16)17)8(5)13-10(14)6(2)7(3)11(13)15/h4,6-7H,1-3H3,(H,16,17). The number of amides is 2. The lowest BCUT2D eigenvalue weighted by molar-refractivity contribution is -0.122. The van der Waals surface area contributed by atoms with Gasteiger partial charge >= 0.3 is 5.97 Å². The molecule has 1 aromatic heterocycles. The molecule has 0 bridgehead atoms. The van der Waals surface area contributed by atoms with Gasteiger partial charge in [0.1, 0.15) is 4.88 Å². The van der Waals surface area contributed by atoms with E-state index in [1.807, 2.05) is 0 Å². The van der Waals surface area contributed by atoms with Gasteiger partial charge in [-0.3, -0.25) is 9.59 Å². The lowest BCUT2D eigenvalue weighted by atomic mass is 10.00. The molecule has 2 atom stereocenters. The highest BCUT2D eigenvalue weighted by molar-refractivity contribution is 7.12. The molecule has 1 N–H and O–H groups in total. The van der Waals surface area contributed by atoms with Gasteiger partial charge in [0.25, 0.3) is 0 Å². The second-order valence-electron chi connectivity index (χ2n) is 4.49. The molecular weight excluding hydrogens is 254 g/mol. The summed E-state index contributed by atoms with van der Waals surface area (Å²) in [7, 11) is 0. The van der Waals surface area contributed by atoms with E-state index in [9.17, 15) is 14.4 Å². The minimum Gasteiger partial charge on any atom is -0.477 e. The van der Waals surface area contributed by atoms with E-state index in [4.69, 9.17) is 5.11 Å². The molecule has 0 radical (unpaired) electrons. The van der Waals surface area contributed by atoms with Gasteiger partial charge in [0, 0.05) is 11.8 Å². The number of hydrogen-bond donors (Lipinski definition) is 1. The molecule has 1 fully saturated rings. The first-order valence-electron chi connectivity index (χ1n) is 5.55. The van der Waals surface area contributed by atoms with Crippen molar-refractivity contribution in [3.63, 3.8) is 0 Å². The van der Waals surface area contributed by atoms with Crippen LogP contribution in [0.25, 0.3) is 0 Å². The maximum absolute atomic E-state index is 12.1. The number of carboxylic acids is 1.